The quantitative estimate of drug-likeness (QED) is 0.722. The lowest BCUT2D eigenvalue weighted by Crippen LogP contribution is -2.23. The number of anilines is 1. The normalized spacial score (nSPS) is 20.7. The molecule has 0 aromatic heterocycles. The largest absolute Gasteiger partial charge is 0.379 e. The number of hydrogen-bond donors (Lipinski definition) is 2. The Hall–Kier alpha value is -1.43. The molecule has 3 N–H and O–H groups in total. The van der Waals surface area contributed by atoms with Crippen LogP contribution in [0.5, 0.6) is 0 Å². The van der Waals surface area contributed by atoms with Crippen molar-refractivity contribution >= 4 is 11.6 Å². The third-order valence-electron chi connectivity index (χ3n) is 4.38. The Bertz CT molecular complexity index is 519. The van der Waals surface area contributed by atoms with Crippen LogP contribution in [0.3, 0.4) is 0 Å². The number of carbonyl (C=O) groups is 1. The first-order valence-electron chi connectivity index (χ1n) is 8.42. The van der Waals surface area contributed by atoms with E-state index in [1.165, 1.54) is 0 Å². The summed E-state index contributed by atoms with van der Waals surface area (Å²) in [6.07, 6.45) is 2.60. The molecule has 1 aliphatic carbocycles. The van der Waals surface area contributed by atoms with Crippen molar-refractivity contribution in [3.8, 4) is 0 Å². The highest BCUT2D eigenvalue weighted by molar-refractivity contribution is 5.93. The summed E-state index contributed by atoms with van der Waals surface area (Å²) in [5, 5.41) is 3.05. The van der Waals surface area contributed by atoms with E-state index in [2.05, 4.69) is 5.32 Å². The number of hydrogen-bond acceptors (Lipinski definition) is 4. The predicted molar refractivity (Wildman–Crippen MR) is 91.3 cm³/mol. The van der Waals surface area contributed by atoms with Crippen molar-refractivity contribution in [2.24, 2.45) is 11.7 Å². The smallest absolute Gasteiger partial charge is 0.227 e. The third kappa shape index (κ3) is 5.30. The number of rotatable bonds is 8. The van der Waals surface area contributed by atoms with Crippen LogP contribution in [-0.4, -0.2) is 31.8 Å². The Kier molecular flexibility index (Phi) is 7.02. The monoisotopic (exact) mass is 320 g/mol. The predicted octanol–water partition coefficient (Wildman–Crippen LogP) is 2.61. The van der Waals surface area contributed by atoms with Crippen molar-refractivity contribution in [2.75, 3.05) is 25.1 Å². The molecule has 128 valence electrons. The van der Waals surface area contributed by atoms with Crippen molar-refractivity contribution in [1.29, 1.82) is 0 Å². The molecule has 0 spiro atoms. The Labute approximate surface area is 138 Å². The molecule has 5 nitrogen and oxygen atoms in total. The van der Waals surface area contributed by atoms with Crippen LogP contribution in [0.2, 0.25) is 0 Å². The molecule has 1 fully saturated rings. The van der Waals surface area contributed by atoms with Gasteiger partial charge in [0.1, 0.15) is 0 Å². The van der Waals surface area contributed by atoms with Gasteiger partial charge in [-0.15, -0.1) is 0 Å². The van der Waals surface area contributed by atoms with Gasteiger partial charge in [0, 0.05) is 24.3 Å². The summed E-state index contributed by atoms with van der Waals surface area (Å²) in [5.74, 6) is 0.117. The van der Waals surface area contributed by atoms with Gasteiger partial charge in [0.05, 0.1) is 19.8 Å². The van der Waals surface area contributed by atoms with Crippen LogP contribution in [0.25, 0.3) is 0 Å². The highest BCUT2D eigenvalue weighted by atomic mass is 16.5. The molecule has 1 aliphatic rings. The zero-order valence-electron chi connectivity index (χ0n) is 14.1. The number of nitrogens with two attached hydrogens (primary N) is 1. The highest BCUT2D eigenvalue weighted by Crippen LogP contribution is 2.27. The van der Waals surface area contributed by atoms with E-state index in [0.29, 0.717) is 26.4 Å². The Balaban J connectivity index is 1.89. The molecule has 0 bridgehead atoms. The second-order valence-corrected chi connectivity index (χ2v) is 6.10. The topological polar surface area (TPSA) is 73.6 Å². The summed E-state index contributed by atoms with van der Waals surface area (Å²) in [6, 6.07) is 6.07. The molecule has 2 unspecified atom stereocenters. The second-order valence-electron chi connectivity index (χ2n) is 6.10. The number of nitrogens with one attached hydrogen (secondary N) is 1. The van der Waals surface area contributed by atoms with E-state index in [-0.39, 0.29) is 17.9 Å². The SMILES string of the molecule is CCOCCOCc1cccc(NC(=O)C2CCC(N)C2)c1C. The second kappa shape index (κ2) is 9.01. The fourth-order valence-electron chi connectivity index (χ4n) is 2.91. The molecule has 0 heterocycles. The van der Waals surface area contributed by atoms with Crippen molar-refractivity contribution in [1.82, 2.24) is 0 Å². The molecular formula is C18H28N2O3. The minimum Gasteiger partial charge on any atom is -0.379 e. The molecule has 0 saturated heterocycles. The summed E-state index contributed by atoms with van der Waals surface area (Å²) in [6.45, 7) is 6.38. The minimum atomic E-state index is 0.0375. The average molecular weight is 320 g/mol. The fraction of sp³-hybridized carbons (Fsp3) is 0.611. The van der Waals surface area contributed by atoms with Gasteiger partial charge < -0.3 is 20.5 Å². The lowest BCUT2D eigenvalue weighted by molar-refractivity contribution is -0.119. The first-order chi connectivity index (χ1) is 11.1. The van der Waals surface area contributed by atoms with Crippen LogP contribution in [0.1, 0.15) is 37.3 Å². The Morgan fingerprint density at radius 2 is 2.09 bits per heavy atom. The van der Waals surface area contributed by atoms with Gasteiger partial charge in [-0.2, -0.15) is 0 Å². The van der Waals surface area contributed by atoms with Crippen LogP contribution in [0.4, 0.5) is 5.69 Å². The molecular weight excluding hydrogens is 292 g/mol. The lowest BCUT2D eigenvalue weighted by atomic mass is 10.0. The summed E-state index contributed by atoms with van der Waals surface area (Å²) < 4.78 is 10.9. The van der Waals surface area contributed by atoms with E-state index in [1.807, 2.05) is 32.0 Å². The van der Waals surface area contributed by atoms with E-state index in [4.69, 9.17) is 15.2 Å². The minimum absolute atomic E-state index is 0.0375. The molecule has 1 aromatic carbocycles. The summed E-state index contributed by atoms with van der Waals surface area (Å²) in [5.41, 5.74) is 8.90. The van der Waals surface area contributed by atoms with Gasteiger partial charge in [-0.3, -0.25) is 4.79 Å². The lowest BCUT2D eigenvalue weighted by Gasteiger charge is -2.15. The molecule has 2 atom stereocenters. The number of benzene rings is 1. The number of carbonyl (C=O) groups excluding carboxylic acids is 1. The van der Waals surface area contributed by atoms with Crippen LogP contribution < -0.4 is 11.1 Å². The molecule has 1 saturated carbocycles. The van der Waals surface area contributed by atoms with Crippen LogP contribution in [-0.2, 0) is 20.9 Å². The zero-order chi connectivity index (χ0) is 16.7. The van der Waals surface area contributed by atoms with Crippen molar-refractivity contribution in [3.63, 3.8) is 0 Å². The summed E-state index contributed by atoms with van der Waals surface area (Å²) in [4.78, 5) is 12.3. The van der Waals surface area contributed by atoms with Gasteiger partial charge in [0.25, 0.3) is 0 Å². The summed E-state index contributed by atoms with van der Waals surface area (Å²) in [7, 11) is 0. The average Bonchev–Trinajstić information content (AvgIpc) is 2.97. The highest BCUT2D eigenvalue weighted by Gasteiger charge is 2.28. The molecule has 1 aromatic rings. The standard InChI is InChI=1S/C18H28N2O3/c1-3-22-9-10-23-12-15-5-4-6-17(13(15)2)20-18(21)14-7-8-16(19)11-14/h4-6,14,16H,3,7-12,19H2,1-2H3,(H,20,21). The first-order valence-corrected chi connectivity index (χ1v) is 8.42. The fourth-order valence-corrected chi connectivity index (χ4v) is 2.91. The van der Waals surface area contributed by atoms with Gasteiger partial charge in [-0.05, 0) is 50.3 Å². The maximum absolute atomic E-state index is 12.3. The van der Waals surface area contributed by atoms with E-state index in [1.54, 1.807) is 0 Å². The molecule has 2 rings (SSSR count). The van der Waals surface area contributed by atoms with Crippen LogP contribution >= 0.6 is 0 Å². The third-order valence-corrected chi connectivity index (χ3v) is 4.38. The molecule has 0 radical (unpaired) electrons. The van der Waals surface area contributed by atoms with E-state index in [0.717, 1.165) is 36.1 Å². The van der Waals surface area contributed by atoms with E-state index < -0.39 is 0 Å². The van der Waals surface area contributed by atoms with E-state index >= 15 is 0 Å². The zero-order valence-corrected chi connectivity index (χ0v) is 14.1. The maximum atomic E-state index is 12.3. The molecule has 23 heavy (non-hydrogen) atoms. The van der Waals surface area contributed by atoms with Gasteiger partial charge in [0.15, 0.2) is 0 Å². The molecule has 5 heteroatoms. The molecule has 0 aliphatic heterocycles. The van der Waals surface area contributed by atoms with Gasteiger partial charge in [0.2, 0.25) is 5.91 Å². The Morgan fingerprint density at radius 1 is 1.30 bits per heavy atom. The first kappa shape index (κ1) is 17.9. The number of ether oxygens (including phenoxy) is 2. The van der Waals surface area contributed by atoms with Gasteiger partial charge >= 0.3 is 0 Å². The van der Waals surface area contributed by atoms with Crippen LogP contribution in [0.15, 0.2) is 18.2 Å². The van der Waals surface area contributed by atoms with Gasteiger partial charge in [-0.25, -0.2) is 0 Å². The van der Waals surface area contributed by atoms with Crippen molar-refractivity contribution in [3.05, 3.63) is 29.3 Å². The van der Waals surface area contributed by atoms with E-state index in [9.17, 15) is 4.79 Å². The molecule has 1 amide bonds. The maximum Gasteiger partial charge on any atom is 0.227 e. The van der Waals surface area contributed by atoms with Crippen molar-refractivity contribution in [2.45, 2.75) is 45.8 Å². The Morgan fingerprint density at radius 3 is 2.78 bits per heavy atom. The summed E-state index contributed by atoms with van der Waals surface area (Å²) >= 11 is 0. The van der Waals surface area contributed by atoms with Crippen LogP contribution in [0, 0.1) is 12.8 Å². The van der Waals surface area contributed by atoms with Crippen molar-refractivity contribution < 1.29 is 14.3 Å². The van der Waals surface area contributed by atoms with Gasteiger partial charge in [-0.1, -0.05) is 12.1 Å². The number of amides is 1.